The van der Waals surface area contributed by atoms with Gasteiger partial charge in [0.05, 0.1) is 33.2 Å². The maximum atomic E-state index is 12.8. The van der Waals surface area contributed by atoms with E-state index in [1.807, 2.05) is 0 Å². The molecular weight excluding hydrogens is 429 g/mol. The van der Waals surface area contributed by atoms with Gasteiger partial charge in [0.15, 0.2) is 0 Å². The number of thioether (sulfide) groups is 1. The largest absolute Gasteiger partial charge is 0.416 e. The Morgan fingerprint density at radius 2 is 1.69 bits per heavy atom. The number of imide groups is 1. The predicted octanol–water partition coefficient (Wildman–Crippen LogP) is 4.33. The molecule has 0 unspecified atom stereocenters. The van der Waals surface area contributed by atoms with Gasteiger partial charge < -0.3 is 5.32 Å². The molecule has 10 heteroatoms. The van der Waals surface area contributed by atoms with Crippen molar-refractivity contribution in [1.82, 2.24) is 4.90 Å². The summed E-state index contributed by atoms with van der Waals surface area (Å²) < 4.78 is 38.3. The van der Waals surface area contributed by atoms with Crippen molar-refractivity contribution in [3.05, 3.63) is 64.2 Å². The van der Waals surface area contributed by atoms with Crippen molar-refractivity contribution in [2.24, 2.45) is 0 Å². The van der Waals surface area contributed by atoms with Crippen molar-refractivity contribution in [1.29, 1.82) is 0 Å². The number of nitrogens with one attached hydrogen (secondary N) is 1. The molecule has 2 aromatic rings. The summed E-state index contributed by atoms with van der Waals surface area (Å²) in [6, 6.07) is 9.16. The van der Waals surface area contributed by atoms with Gasteiger partial charge in [-0.05, 0) is 30.3 Å². The Labute approximate surface area is 173 Å². The monoisotopic (exact) mass is 442 g/mol. The lowest BCUT2D eigenvalue weighted by Gasteiger charge is -2.14. The minimum Gasteiger partial charge on any atom is -0.324 e. The number of alkyl halides is 3. The molecule has 0 atom stereocenters. The Bertz CT molecular complexity index is 946. The zero-order valence-corrected chi connectivity index (χ0v) is 16.3. The molecule has 1 aliphatic rings. The third-order valence-electron chi connectivity index (χ3n) is 4.14. The number of hydrogen-bond donors (Lipinski definition) is 1. The maximum absolute atomic E-state index is 12.8. The molecule has 0 saturated carbocycles. The maximum Gasteiger partial charge on any atom is 0.416 e. The number of anilines is 1. The molecule has 0 saturated heterocycles. The Morgan fingerprint density at radius 1 is 1.07 bits per heavy atom. The molecule has 0 spiro atoms. The zero-order chi connectivity index (χ0) is 21.2. The van der Waals surface area contributed by atoms with Gasteiger partial charge in [-0.1, -0.05) is 23.7 Å². The molecule has 0 radical (unpaired) electrons. The van der Waals surface area contributed by atoms with E-state index in [4.69, 9.17) is 11.6 Å². The van der Waals surface area contributed by atoms with Crippen LogP contribution in [-0.2, 0) is 11.0 Å². The van der Waals surface area contributed by atoms with E-state index >= 15 is 0 Å². The van der Waals surface area contributed by atoms with E-state index in [0.29, 0.717) is 16.9 Å². The molecule has 0 aromatic heterocycles. The first-order valence-corrected chi connectivity index (χ1v) is 9.91. The van der Waals surface area contributed by atoms with Crippen molar-refractivity contribution in [3.8, 4) is 0 Å². The smallest absolute Gasteiger partial charge is 0.324 e. The van der Waals surface area contributed by atoms with E-state index in [1.165, 1.54) is 0 Å². The summed E-state index contributed by atoms with van der Waals surface area (Å²) in [5.41, 5.74) is -0.359. The number of carbonyl (C=O) groups is 3. The van der Waals surface area contributed by atoms with Crippen LogP contribution in [0.1, 0.15) is 26.3 Å². The normalized spacial score (nSPS) is 13.6. The molecule has 152 valence electrons. The van der Waals surface area contributed by atoms with Gasteiger partial charge in [-0.3, -0.25) is 19.3 Å². The topological polar surface area (TPSA) is 66.5 Å². The van der Waals surface area contributed by atoms with E-state index in [0.717, 1.165) is 34.9 Å². The van der Waals surface area contributed by atoms with E-state index in [2.05, 4.69) is 5.32 Å². The fraction of sp³-hybridized carbons (Fsp3) is 0.211. The highest BCUT2D eigenvalue weighted by atomic mass is 35.5. The molecule has 0 aliphatic carbocycles. The Morgan fingerprint density at radius 3 is 2.28 bits per heavy atom. The molecule has 1 heterocycles. The van der Waals surface area contributed by atoms with Gasteiger partial charge in [0.25, 0.3) is 11.8 Å². The number of fused-ring (bicyclic) bond motifs is 1. The van der Waals surface area contributed by atoms with Crippen LogP contribution >= 0.6 is 23.4 Å². The number of hydrogen-bond acceptors (Lipinski definition) is 4. The number of nitrogens with zero attached hydrogens (tertiary/aromatic N) is 1. The van der Waals surface area contributed by atoms with E-state index in [-0.39, 0.29) is 34.8 Å². The van der Waals surface area contributed by atoms with Gasteiger partial charge >= 0.3 is 6.18 Å². The minimum atomic E-state index is -4.55. The second-order valence-electron chi connectivity index (χ2n) is 6.10. The van der Waals surface area contributed by atoms with Crippen molar-refractivity contribution in [2.45, 2.75) is 6.18 Å². The van der Waals surface area contributed by atoms with Gasteiger partial charge in [-0.25, -0.2) is 0 Å². The van der Waals surface area contributed by atoms with Gasteiger partial charge in [0.1, 0.15) is 0 Å². The van der Waals surface area contributed by atoms with Crippen LogP contribution in [0, 0.1) is 0 Å². The molecule has 3 amide bonds. The molecule has 0 bridgehead atoms. The summed E-state index contributed by atoms with van der Waals surface area (Å²) in [5, 5.41) is 2.33. The molecular formula is C19H14ClF3N2O3S. The van der Waals surface area contributed by atoms with Crippen molar-refractivity contribution >= 4 is 46.8 Å². The van der Waals surface area contributed by atoms with E-state index in [1.54, 1.807) is 24.3 Å². The van der Waals surface area contributed by atoms with Crippen LogP contribution in [0.15, 0.2) is 42.5 Å². The molecule has 5 nitrogen and oxygen atoms in total. The second-order valence-corrected chi connectivity index (χ2v) is 7.61. The lowest BCUT2D eigenvalue weighted by atomic mass is 10.1. The highest BCUT2D eigenvalue weighted by molar-refractivity contribution is 7.99. The number of halogens is 4. The van der Waals surface area contributed by atoms with Crippen LogP contribution in [0.25, 0.3) is 0 Å². The molecule has 3 rings (SSSR count). The van der Waals surface area contributed by atoms with Crippen LogP contribution in [0.2, 0.25) is 5.02 Å². The first-order chi connectivity index (χ1) is 13.7. The molecule has 1 N–H and O–H groups in total. The van der Waals surface area contributed by atoms with Crippen LogP contribution in [0.4, 0.5) is 18.9 Å². The number of benzene rings is 2. The molecule has 0 fully saturated rings. The molecule has 29 heavy (non-hydrogen) atoms. The average molecular weight is 443 g/mol. The average Bonchev–Trinajstić information content (AvgIpc) is 2.91. The third kappa shape index (κ3) is 4.73. The standard InChI is InChI=1S/C19H14ClF3N2O3S/c20-14-6-5-11(19(21,22)23)9-15(14)24-16(26)10-29-8-7-25-17(27)12-3-1-2-4-13(12)18(25)28/h1-6,9H,7-8,10H2,(H,24,26). The van der Waals surface area contributed by atoms with Crippen LogP contribution < -0.4 is 5.32 Å². The summed E-state index contributed by atoms with van der Waals surface area (Å²) in [7, 11) is 0. The van der Waals surface area contributed by atoms with Crippen LogP contribution in [0.3, 0.4) is 0 Å². The van der Waals surface area contributed by atoms with Gasteiger partial charge in [-0.2, -0.15) is 24.9 Å². The van der Waals surface area contributed by atoms with Gasteiger partial charge in [-0.15, -0.1) is 0 Å². The summed E-state index contributed by atoms with van der Waals surface area (Å²) >= 11 is 6.99. The van der Waals surface area contributed by atoms with Crippen LogP contribution in [0.5, 0.6) is 0 Å². The zero-order valence-electron chi connectivity index (χ0n) is 14.8. The highest BCUT2D eigenvalue weighted by Gasteiger charge is 2.34. The highest BCUT2D eigenvalue weighted by Crippen LogP contribution is 2.33. The van der Waals surface area contributed by atoms with Crippen molar-refractivity contribution in [2.75, 3.05) is 23.4 Å². The fourth-order valence-electron chi connectivity index (χ4n) is 2.75. The molecule has 2 aromatic carbocycles. The van der Waals surface area contributed by atoms with Crippen molar-refractivity contribution < 1.29 is 27.6 Å². The molecule has 1 aliphatic heterocycles. The minimum absolute atomic E-state index is 0.0117. The second kappa shape index (κ2) is 8.46. The number of carbonyl (C=O) groups excluding carboxylic acids is 3. The Hall–Kier alpha value is -2.52. The van der Waals surface area contributed by atoms with E-state index in [9.17, 15) is 27.6 Å². The van der Waals surface area contributed by atoms with Gasteiger partial charge in [0.2, 0.25) is 5.91 Å². The summed E-state index contributed by atoms with van der Waals surface area (Å²) in [5.74, 6) is -1.08. The fourth-order valence-corrected chi connectivity index (χ4v) is 3.62. The van der Waals surface area contributed by atoms with Gasteiger partial charge in [0, 0.05) is 12.3 Å². The number of amides is 3. The van der Waals surface area contributed by atoms with Crippen molar-refractivity contribution in [3.63, 3.8) is 0 Å². The quantitative estimate of drug-likeness (QED) is 0.534. The lowest BCUT2D eigenvalue weighted by Crippen LogP contribution is -2.32. The Balaban J connectivity index is 1.50. The third-order valence-corrected chi connectivity index (χ3v) is 5.41. The number of rotatable bonds is 6. The van der Waals surface area contributed by atoms with Crippen LogP contribution in [-0.4, -0.2) is 40.7 Å². The Kier molecular flexibility index (Phi) is 6.18. The first-order valence-electron chi connectivity index (χ1n) is 8.38. The SMILES string of the molecule is O=C(CSCCN1C(=O)c2ccccc2C1=O)Nc1cc(C(F)(F)F)ccc1Cl. The summed E-state index contributed by atoms with van der Waals surface area (Å²) in [6.45, 7) is 0.120. The first kappa shape index (κ1) is 21.2. The summed E-state index contributed by atoms with van der Waals surface area (Å²) in [6.07, 6.45) is -4.55. The predicted molar refractivity (Wildman–Crippen MR) is 104 cm³/mol. The van der Waals surface area contributed by atoms with E-state index < -0.39 is 17.6 Å². The summed E-state index contributed by atoms with van der Waals surface area (Å²) in [4.78, 5) is 37.6. The lowest BCUT2D eigenvalue weighted by molar-refractivity contribution is -0.137.